The maximum atomic E-state index is 13.0. The molecule has 30 heavy (non-hydrogen) atoms. The fourth-order valence-electron chi connectivity index (χ4n) is 3.56. The molecule has 0 fully saturated rings. The number of ketones is 1. The van der Waals surface area contributed by atoms with Crippen LogP contribution in [0.5, 0.6) is 5.75 Å². The molecule has 0 spiro atoms. The maximum absolute atomic E-state index is 13.0. The van der Waals surface area contributed by atoms with Crippen LogP contribution in [0.3, 0.4) is 0 Å². The molecule has 0 bridgehead atoms. The Morgan fingerprint density at radius 1 is 1.07 bits per heavy atom. The summed E-state index contributed by atoms with van der Waals surface area (Å²) in [5.41, 5.74) is 2.62. The van der Waals surface area contributed by atoms with E-state index in [9.17, 15) is 9.59 Å². The van der Waals surface area contributed by atoms with Gasteiger partial charge in [-0.15, -0.1) is 0 Å². The number of Topliss-reactive ketones (excluding diaryl/α,β-unsaturated/α-hetero) is 1. The monoisotopic (exact) mass is 406 g/mol. The molecule has 2 aromatic rings. The van der Waals surface area contributed by atoms with E-state index >= 15 is 0 Å². The molecule has 0 saturated heterocycles. The highest BCUT2D eigenvalue weighted by molar-refractivity contribution is 6.20. The fraction of sp³-hybridized carbons (Fsp3) is 0.250. The number of fused-ring (bicyclic) bond motifs is 2. The molecule has 1 aliphatic heterocycles. The summed E-state index contributed by atoms with van der Waals surface area (Å²) in [7, 11) is 0. The normalized spacial score (nSPS) is 17.0. The van der Waals surface area contributed by atoms with Crippen molar-refractivity contribution < 1.29 is 28.5 Å². The van der Waals surface area contributed by atoms with Crippen molar-refractivity contribution in [1.29, 1.82) is 0 Å². The van der Waals surface area contributed by atoms with E-state index in [1.165, 1.54) is 6.92 Å². The zero-order chi connectivity index (χ0) is 21.1. The van der Waals surface area contributed by atoms with Gasteiger partial charge >= 0.3 is 5.97 Å². The van der Waals surface area contributed by atoms with Crippen LogP contribution < -0.4 is 4.74 Å². The van der Waals surface area contributed by atoms with Crippen molar-refractivity contribution in [3.05, 3.63) is 83.3 Å². The molecule has 4 rings (SSSR count). The van der Waals surface area contributed by atoms with E-state index in [2.05, 4.69) is 6.58 Å². The number of rotatable bonds is 7. The second-order valence-corrected chi connectivity index (χ2v) is 7.06. The molecule has 6 nitrogen and oxygen atoms in total. The van der Waals surface area contributed by atoms with Crippen molar-refractivity contribution in [3.63, 3.8) is 0 Å². The summed E-state index contributed by atoms with van der Waals surface area (Å²) in [6.45, 7) is 6.07. The first-order valence-electron chi connectivity index (χ1n) is 9.82. The van der Waals surface area contributed by atoms with Crippen molar-refractivity contribution in [3.8, 4) is 5.75 Å². The number of esters is 1. The Balaban J connectivity index is 1.50. The lowest BCUT2D eigenvalue weighted by Crippen LogP contribution is -2.18. The largest absolute Gasteiger partial charge is 0.494 e. The Hall–Kier alpha value is -3.54. The van der Waals surface area contributed by atoms with Crippen LogP contribution in [0.1, 0.15) is 47.4 Å². The Morgan fingerprint density at radius 2 is 1.83 bits per heavy atom. The van der Waals surface area contributed by atoms with Crippen molar-refractivity contribution in [2.45, 2.75) is 25.9 Å². The lowest BCUT2D eigenvalue weighted by molar-refractivity contribution is -0.141. The average molecular weight is 406 g/mol. The van der Waals surface area contributed by atoms with Crippen molar-refractivity contribution in [1.82, 2.24) is 0 Å². The van der Waals surface area contributed by atoms with E-state index in [1.54, 1.807) is 6.07 Å². The van der Waals surface area contributed by atoms with Crippen LogP contribution in [0.4, 0.5) is 0 Å². The van der Waals surface area contributed by atoms with E-state index in [-0.39, 0.29) is 17.7 Å². The molecule has 0 aromatic heterocycles. The SMILES string of the molecule is C=C1OC2=C(C(=O)c3ccccc32)C(c2cccc(OCCCCOC(C)=O)c2)O1. The van der Waals surface area contributed by atoms with Gasteiger partial charge in [-0.05, 0) is 31.6 Å². The van der Waals surface area contributed by atoms with Gasteiger partial charge in [0.05, 0.1) is 18.8 Å². The predicted molar refractivity (Wildman–Crippen MR) is 110 cm³/mol. The zero-order valence-corrected chi connectivity index (χ0v) is 16.7. The Bertz CT molecular complexity index is 1040. The van der Waals surface area contributed by atoms with Gasteiger partial charge in [-0.3, -0.25) is 9.59 Å². The van der Waals surface area contributed by atoms with Crippen LogP contribution >= 0.6 is 0 Å². The van der Waals surface area contributed by atoms with E-state index in [4.69, 9.17) is 18.9 Å². The van der Waals surface area contributed by atoms with Gasteiger partial charge in [-0.2, -0.15) is 0 Å². The number of benzene rings is 2. The Labute approximate surface area is 174 Å². The molecule has 2 aliphatic rings. The molecule has 154 valence electrons. The summed E-state index contributed by atoms with van der Waals surface area (Å²) in [6.07, 6.45) is 0.866. The summed E-state index contributed by atoms with van der Waals surface area (Å²) in [5.74, 6) is 0.952. The van der Waals surface area contributed by atoms with E-state index in [0.29, 0.717) is 35.9 Å². The summed E-state index contributed by atoms with van der Waals surface area (Å²) >= 11 is 0. The molecular weight excluding hydrogens is 384 g/mol. The highest BCUT2D eigenvalue weighted by Gasteiger charge is 2.41. The quantitative estimate of drug-likeness (QED) is 0.495. The number of hydrogen-bond acceptors (Lipinski definition) is 6. The van der Waals surface area contributed by atoms with E-state index < -0.39 is 6.10 Å². The van der Waals surface area contributed by atoms with Gasteiger partial charge in [0, 0.05) is 23.6 Å². The zero-order valence-electron chi connectivity index (χ0n) is 16.7. The van der Waals surface area contributed by atoms with Crippen LogP contribution in [0.2, 0.25) is 0 Å². The highest BCUT2D eigenvalue weighted by atomic mass is 16.7. The number of hydrogen-bond donors (Lipinski definition) is 0. The number of carbonyl (C=O) groups excluding carboxylic acids is 2. The van der Waals surface area contributed by atoms with Crippen molar-refractivity contribution in [2.75, 3.05) is 13.2 Å². The van der Waals surface area contributed by atoms with Gasteiger partial charge in [0.2, 0.25) is 0 Å². The van der Waals surface area contributed by atoms with Crippen molar-refractivity contribution >= 4 is 17.5 Å². The van der Waals surface area contributed by atoms with Gasteiger partial charge in [-0.1, -0.05) is 36.4 Å². The first-order valence-corrected chi connectivity index (χ1v) is 9.82. The molecule has 0 amide bonds. The van der Waals surface area contributed by atoms with E-state index in [0.717, 1.165) is 24.0 Å². The summed E-state index contributed by atoms with van der Waals surface area (Å²) in [6, 6.07) is 14.8. The molecular formula is C24H22O6. The van der Waals surface area contributed by atoms with Crippen LogP contribution in [0, 0.1) is 0 Å². The maximum Gasteiger partial charge on any atom is 0.302 e. The average Bonchev–Trinajstić information content (AvgIpc) is 3.02. The smallest absolute Gasteiger partial charge is 0.302 e. The van der Waals surface area contributed by atoms with Gasteiger partial charge in [0.1, 0.15) is 11.5 Å². The van der Waals surface area contributed by atoms with Crippen LogP contribution in [0.15, 0.2) is 66.6 Å². The number of ether oxygens (including phenoxy) is 4. The highest BCUT2D eigenvalue weighted by Crippen LogP contribution is 2.46. The van der Waals surface area contributed by atoms with Gasteiger partial charge in [0.15, 0.2) is 11.9 Å². The number of carbonyl (C=O) groups is 2. The minimum absolute atomic E-state index is 0.102. The van der Waals surface area contributed by atoms with Crippen LogP contribution in [-0.4, -0.2) is 25.0 Å². The molecule has 1 heterocycles. The minimum Gasteiger partial charge on any atom is -0.494 e. The topological polar surface area (TPSA) is 71.1 Å². The molecule has 0 radical (unpaired) electrons. The fourth-order valence-corrected chi connectivity index (χ4v) is 3.56. The standard InChI is InChI=1S/C24H22O6/c1-15(25)27-12-5-6-13-28-18-9-7-8-17(14-18)23-21-22(26)19-10-3-4-11-20(19)24(21)30-16(2)29-23/h3-4,7-11,14,23H,2,5-6,12-13H2,1H3. The van der Waals surface area contributed by atoms with E-state index in [1.807, 2.05) is 42.5 Å². The molecule has 1 unspecified atom stereocenters. The first kappa shape index (κ1) is 19.8. The van der Waals surface area contributed by atoms with Crippen LogP contribution in [-0.2, 0) is 19.0 Å². The summed E-state index contributed by atoms with van der Waals surface area (Å²) in [5, 5.41) is 0. The second kappa shape index (κ2) is 8.45. The molecule has 2 aromatic carbocycles. The van der Waals surface area contributed by atoms with Crippen molar-refractivity contribution in [2.24, 2.45) is 0 Å². The summed E-state index contributed by atoms with van der Waals surface area (Å²) < 4.78 is 22.2. The lowest BCUT2D eigenvalue weighted by Gasteiger charge is -2.27. The predicted octanol–water partition coefficient (Wildman–Crippen LogP) is 4.58. The number of unbranched alkanes of at least 4 members (excludes halogenated alkanes) is 1. The van der Waals surface area contributed by atoms with Gasteiger partial charge in [0.25, 0.3) is 5.95 Å². The third-order valence-electron chi connectivity index (χ3n) is 4.91. The van der Waals surface area contributed by atoms with Gasteiger partial charge in [-0.25, -0.2) is 0 Å². The molecule has 1 atom stereocenters. The first-order chi connectivity index (χ1) is 14.5. The molecule has 6 heteroatoms. The molecule has 1 aliphatic carbocycles. The third-order valence-corrected chi connectivity index (χ3v) is 4.91. The molecule has 0 N–H and O–H groups in total. The third kappa shape index (κ3) is 3.94. The second-order valence-electron chi connectivity index (χ2n) is 7.06. The summed E-state index contributed by atoms with van der Waals surface area (Å²) in [4.78, 5) is 23.8. The van der Waals surface area contributed by atoms with Gasteiger partial charge < -0.3 is 18.9 Å². The molecule has 0 saturated carbocycles. The van der Waals surface area contributed by atoms with Crippen LogP contribution in [0.25, 0.3) is 5.76 Å². The Kier molecular flexibility index (Phi) is 5.57. The minimum atomic E-state index is -0.617. The Morgan fingerprint density at radius 3 is 2.63 bits per heavy atom. The lowest BCUT2D eigenvalue weighted by atomic mass is 9.97.